The standard InChI is InChI=1S/C18H24N2O6/c1-4-8-14(16(22)20-15(12(2)21)17(23)25-3)19-18(24)26-11-13-9-6-5-7-10-13/h4-7,9-10,12,14-15,21H,1,8,11H2,2-3H3,(H,19,24)(H,20,22)/t12-,14?,15+/m1/s1. The highest BCUT2D eigenvalue weighted by molar-refractivity contribution is 5.90. The largest absolute Gasteiger partial charge is 0.467 e. The first-order chi connectivity index (χ1) is 12.4. The van der Waals surface area contributed by atoms with Gasteiger partial charge in [-0.3, -0.25) is 4.79 Å². The molecule has 0 saturated heterocycles. The summed E-state index contributed by atoms with van der Waals surface area (Å²) in [5.41, 5.74) is 0.798. The average molecular weight is 364 g/mol. The summed E-state index contributed by atoms with van der Waals surface area (Å²) in [6, 6.07) is 6.80. The van der Waals surface area contributed by atoms with Crippen molar-refractivity contribution < 1.29 is 29.0 Å². The van der Waals surface area contributed by atoms with Crippen LogP contribution in [0.1, 0.15) is 18.9 Å². The van der Waals surface area contributed by atoms with E-state index in [0.717, 1.165) is 12.7 Å². The van der Waals surface area contributed by atoms with Crippen LogP contribution < -0.4 is 10.6 Å². The molecule has 0 aromatic heterocycles. The van der Waals surface area contributed by atoms with Crippen molar-refractivity contribution in [3.05, 3.63) is 48.6 Å². The third-order valence-corrected chi connectivity index (χ3v) is 3.46. The number of alkyl carbamates (subject to hydrolysis) is 1. The molecule has 3 N–H and O–H groups in total. The zero-order valence-electron chi connectivity index (χ0n) is 14.8. The normalized spacial score (nSPS) is 13.7. The third-order valence-electron chi connectivity index (χ3n) is 3.46. The molecule has 26 heavy (non-hydrogen) atoms. The molecule has 0 radical (unpaired) electrons. The molecule has 0 aliphatic rings. The minimum Gasteiger partial charge on any atom is -0.467 e. The lowest BCUT2D eigenvalue weighted by Crippen LogP contribution is -2.54. The van der Waals surface area contributed by atoms with Gasteiger partial charge in [-0.2, -0.15) is 0 Å². The Kier molecular flexibility index (Phi) is 8.86. The van der Waals surface area contributed by atoms with Gasteiger partial charge in [0, 0.05) is 0 Å². The Labute approximate surface area is 152 Å². The zero-order valence-corrected chi connectivity index (χ0v) is 14.8. The van der Waals surface area contributed by atoms with Crippen molar-refractivity contribution in [2.45, 2.75) is 38.1 Å². The van der Waals surface area contributed by atoms with Crippen LogP contribution in [0.5, 0.6) is 0 Å². The molecule has 1 unspecified atom stereocenters. The fourth-order valence-electron chi connectivity index (χ4n) is 2.06. The van der Waals surface area contributed by atoms with E-state index >= 15 is 0 Å². The van der Waals surface area contributed by atoms with Gasteiger partial charge < -0.3 is 25.2 Å². The van der Waals surface area contributed by atoms with Crippen molar-refractivity contribution >= 4 is 18.0 Å². The van der Waals surface area contributed by atoms with Gasteiger partial charge in [-0.05, 0) is 18.9 Å². The zero-order chi connectivity index (χ0) is 19.5. The second kappa shape index (κ2) is 10.9. The molecule has 1 aromatic rings. The SMILES string of the molecule is C=CCC(NC(=O)OCc1ccccc1)C(=O)N[C@H](C(=O)OC)[C@@H](C)O. The van der Waals surface area contributed by atoms with Crippen molar-refractivity contribution in [3.8, 4) is 0 Å². The highest BCUT2D eigenvalue weighted by atomic mass is 16.5. The van der Waals surface area contributed by atoms with Crippen LogP contribution in [0.25, 0.3) is 0 Å². The van der Waals surface area contributed by atoms with Gasteiger partial charge in [-0.1, -0.05) is 36.4 Å². The summed E-state index contributed by atoms with van der Waals surface area (Å²) in [5.74, 6) is -1.46. The Morgan fingerprint density at radius 1 is 1.23 bits per heavy atom. The monoisotopic (exact) mass is 364 g/mol. The molecular formula is C18H24N2O6. The smallest absolute Gasteiger partial charge is 0.408 e. The lowest BCUT2D eigenvalue weighted by molar-refractivity contribution is -0.148. The summed E-state index contributed by atoms with van der Waals surface area (Å²) in [7, 11) is 1.14. The van der Waals surface area contributed by atoms with Gasteiger partial charge in [-0.25, -0.2) is 9.59 Å². The molecule has 8 nitrogen and oxygen atoms in total. The number of methoxy groups -OCH3 is 1. The summed E-state index contributed by atoms with van der Waals surface area (Å²) in [6.45, 7) is 4.92. The van der Waals surface area contributed by atoms with Crippen molar-refractivity contribution in [1.29, 1.82) is 0 Å². The number of rotatable bonds is 9. The van der Waals surface area contributed by atoms with E-state index in [9.17, 15) is 19.5 Å². The summed E-state index contributed by atoms with van der Waals surface area (Å²) in [5, 5.41) is 14.4. The summed E-state index contributed by atoms with van der Waals surface area (Å²) in [6.07, 6.45) is -0.402. The van der Waals surface area contributed by atoms with Gasteiger partial charge >= 0.3 is 12.1 Å². The second-order valence-electron chi connectivity index (χ2n) is 5.53. The number of benzene rings is 1. The van der Waals surface area contributed by atoms with Gasteiger partial charge in [0.25, 0.3) is 0 Å². The van der Waals surface area contributed by atoms with Crippen LogP contribution in [0.4, 0.5) is 4.79 Å². The number of ether oxygens (including phenoxy) is 2. The number of carbonyl (C=O) groups is 3. The molecule has 0 bridgehead atoms. The number of esters is 1. The van der Waals surface area contributed by atoms with E-state index in [0.29, 0.717) is 0 Å². The van der Waals surface area contributed by atoms with Crippen molar-refractivity contribution in [2.24, 2.45) is 0 Å². The Bertz CT molecular complexity index is 617. The van der Waals surface area contributed by atoms with Gasteiger partial charge in [0.2, 0.25) is 5.91 Å². The lowest BCUT2D eigenvalue weighted by atomic mass is 10.1. The van der Waals surface area contributed by atoms with Crippen molar-refractivity contribution in [1.82, 2.24) is 10.6 Å². The Hall–Kier alpha value is -2.87. The van der Waals surface area contributed by atoms with Crippen molar-refractivity contribution in [2.75, 3.05) is 7.11 Å². The van der Waals surface area contributed by atoms with Crippen molar-refractivity contribution in [3.63, 3.8) is 0 Å². The predicted octanol–water partition coefficient (Wildman–Crippen LogP) is 0.896. The fourth-order valence-corrected chi connectivity index (χ4v) is 2.06. The molecule has 0 heterocycles. The maximum absolute atomic E-state index is 12.3. The molecule has 0 aliphatic carbocycles. The highest BCUT2D eigenvalue weighted by Gasteiger charge is 2.30. The summed E-state index contributed by atoms with van der Waals surface area (Å²) < 4.78 is 9.61. The Morgan fingerprint density at radius 2 is 1.88 bits per heavy atom. The van der Waals surface area contributed by atoms with Gasteiger partial charge in [0.15, 0.2) is 6.04 Å². The van der Waals surface area contributed by atoms with E-state index in [1.807, 2.05) is 18.2 Å². The molecule has 0 saturated carbocycles. The average Bonchev–Trinajstić information content (AvgIpc) is 2.63. The molecular weight excluding hydrogens is 340 g/mol. The van der Waals surface area contributed by atoms with Crippen LogP contribution in [-0.4, -0.2) is 48.4 Å². The molecule has 1 aromatic carbocycles. The summed E-state index contributed by atoms with van der Waals surface area (Å²) in [4.78, 5) is 35.9. The number of aliphatic hydroxyl groups excluding tert-OH is 1. The van der Waals surface area contributed by atoms with E-state index in [4.69, 9.17) is 4.74 Å². The van der Waals surface area contributed by atoms with Crippen LogP contribution in [-0.2, 0) is 25.7 Å². The molecule has 0 aliphatic heterocycles. The topological polar surface area (TPSA) is 114 Å². The molecule has 2 amide bonds. The maximum atomic E-state index is 12.3. The Morgan fingerprint density at radius 3 is 2.42 bits per heavy atom. The van der Waals surface area contributed by atoms with E-state index < -0.39 is 36.2 Å². The van der Waals surface area contributed by atoms with Crippen LogP contribution in [0.15, 0.2) is 43.0 Å². The minimum atomic E-state index is -1.25. The minimum absolute atomic E-state index is 0.0492. The van der Waals surface area contributed by atoms with Crippen LogP contribution in [0.3, 0.4) is 0 Å². The van der Waals surface area contributed by atoms with Gasteiger partial charge in [0.05, 0.1) is 13.2 Å². The van der Waals surface area contributed by atoms with Crippen LogP contribution in [0.2, 0.25) is 0 Å². The first-order valence-corrected chi connectivity index (χ1v) is 8.03. The third kappa shape index (κ3) is 6.94. The van der Waals surface area contributed by atoms with Gasteiger partial charge in [-0.15, -0.1) is 6.58 Å². The number of aliphatic hydroxyl groups is 1. The maximum Gasteiger partial charge on any atom is 0.408 e. The highest BCUT2D eigenvalue weighted by Crippen LogP contribution is 2.03. The quantitative estimate of drug-likeness (QED) is 0.443. The van der Waals surface area contributed by atoms with Crippen LogP contribution >= 0.6 is 0 Å². The number of amides is 2. The molecule has 1 rings (SSSR count). The van der Waals surface area contributed by atoms with E-state index in [-0.39, 0.29) is 13.0 Å². The molecule has 8 heteroatoms. The molecule has 0 spiro atoms. The van der Waals surface area contributed by atoms with E-state index in [2.05, 4.69) is 21.9 Å². The lowest BCUT2D eigenvalue weighted by Gasteiger charge is -2.22. The number of hydrogen-bond donors (Lipinski definition) is 3. The first-order valence-electron chi connectivity index (χ1n) is 8.03. The van der Waals surface area contributed by atoms with E-state index in [1.54, 1.807) is 12.1 Å². The number of carbonyl (C=O) groups excluding carboxylic acids is 3. The molecule has 3 atom stereocenters. The number of nitrogens with one attached hydrogen (secondary N) is 2. The summed E-state index contributed by atoms with van der Waals surface area (Å²) >= 11 is 0. The number of hydrogen-bond acceptors (Lipinski definition) is 6. The predicted molar refractivity (Wildman–Crippen MR) is 94.0 cm³/mol. The Balaban J connectivity index is 2.65. The first kappa shape index (κ1) is 21.2. The van der Waals surface area contributed by atoms with Crippen LogP contribution in [0, 0.1) is 0 Å². The van der Waals surface area contributed by atoms with Gasteiger partial charge in [0.1, 0.15) is 12.6 Å². The molecule has 142 valence electrons. The fraction of sp³-hybridized carbons (Fsp3) is 0.389. The second-order valence-corrected chi connectivity index (χ2v) is 5.53. The van der Waals surface area contributed by atoms with E-state index in [1.165, 1.54) is 13.0 Å². The molecule has 0 fully saturated rings.